The first-order valence-electron chi connectivity index (χ1n) is 5.99. The standard InChI is InChI=1S/C12H15FN4O2/c1-2-5-18-7-10(14)11-16-12(19-17-11)8-3-4-15-6-9(8)13/h3-4,6,10H,2,5,7,14H2,1H3. The maximum atomic E-state index is 13.5. The van der Waals surface area contributed by atoms with Crippen LogP contribution in [-0.4, -0.2) is 28.3 Å². The van der Waals surface area contributed by atoms with E-state index in [9.17, 15) is 4.39 Å². The van der Waals surface area contributed by atoms with Gasteiger partial charge in [-0.05, 0) is 12.5 Å². The average molecular weight is 266 g/mol. The van der Waals surface area contributed by atoms with E-state index in [2.05, 4.69) is 15.1 Å². The monoisotopic (exact) mass is 266 g/mol. The molecule has 0 spiro atoms. The third kappa shape index (κ3) is 3.33. The molecule has 2 N–H and O–H groups in total. The van der Waals surface area contributed by atoms with Crippen molar-refractivity contribution in [2.24, 2.45) is 5.73 Å². The molecule has 0 amide bonds. The van der Waals surface area contributed by atoms with Gasteiger partial charge in [-0.1, -0.05) is 12.1 Å². The van der Waals surface area contributed by atoms with Crippen LogP contribution < -0.4 is 5.73 Å². The fraction of sp³-hybridized carbons (Fsp3) is 0.417. The number of aromatic nitrogens is 3. The van der Waals surface area contributed by atoms with Gasteiger partial charge in [0, 0.05) is 12.8 Å². The van der Waals surface area contributed by atoms with Crippen LogP contribution in [-0.2, 0) is 4.74 Å². The Hall–Kier alpha value is -1.86. The summed E-state index contributed by atoms with van der Waals surface area (Å²) in [6, 6.07) is 0.972. The zero-order valence-corrected chi connectivity index (χ0v) is 10.5. The van der Waals surface area contributed by atoms with Gasteiger partial charge in [0.15, 0.2) is 11.6 Å². The predicted molar refractivity (Wildman–Crippen MR) is 65.5 cm³/mol. The Bertz CT molecular complexity index is 532. The molecule has 0 saturated heterocycles. The molecule has 0 aromatic carbocycles. The molecule has 0 fully saturated rings. The van der Waals surface area contributed by atoms with Gasteiger partial charge in [-0.2, -0.15) is 4.98 Å². The topological polar surface area (TPSA) is 87.1 Å². The Morgan fingerprint density at radius 1 is 1.53 bits per heavy atom. The summed E-state index contributed by atoms with van der Waals surface area (Å²) in [6.07, 6.45) is 3.45. The minimum atomic E-state index is -0.520. The van der Waals surface area contributed by atoms with E-state index >= 15 is 0 Å². The summed E-state index contributed by atoms with van der Waals surface area (Å²) in [6.45, 7) is 2.92. The van der Waals surface area contributed by atoms with Crippen molar-refractivity contribution in [2.75, 3.05) is 13.2 Å². The highest BCUT2D eigenvalue weighted by atomic mass is 19.1. The highest BCUT2D eigenvalue weighted by molar-refractivity contribution is 5.52. The first kappa shape index (κ1) is 13.6. The van der Waals surface area contributed by atoms with Gasteiger partial charge in [0.2, 0.25) is 0 Å². The lowest BCUT2D eigenvalue weighted by atomic mass is 10.2. The minimum Gasteiger partial charge on any atom is -0.379 e. The number of halogens is 1. The molecule has 102 valence electrons. The van der Waals surface area contributed by atoms with E-state index in [1.54, 1.807) is 0 Å². The molecule has 0 aliphatic heterocycles. The van der Waals surface area contributed by atoms with E-state index in [1.807, 2.05) is 6.92 Å². The normalized spacial score (nSPS) is 12.6. The lowest BCUT2D eigenvalue weighted by Crippen LogP contribution is -2.18. The van der Waals surface area contributed by atoms with Crippen LogP contribution in [0, 0.1) is 5.82 Å². The number of hydrogen-bond acceptors (Lipinski definition) is 6. The van der Waals surface area contributed by atoms with Gasteiger partial charge >= 0.3 is 0 Å². The van der Waals surface area contributed by atoms with Gasteiger partial charge in [0.05, 0.1) is 24.4 Å². The van der Waals surface area contributed by atoms with Crippen molar-refractivity contribution in [2.45, 2.75) is 19.4 Å². The van der Waals surface area contributed by atoms with E-state index in [0.717, 1.165) is 12.6 Å². The predicted octanol–water partition coefficient (Wildman–Crippen LogP) is 1.70. The second-order valence-corrected chi connectivity index (χ2v) is 3.99. The summed E-state index contributed by atoms with van der Waals surface area (Å²) in [4.78, 5) is 7.72. The lowest BCUT2D eigenvalue weighted by molar-refractivity contribution is 0.119. The number of pyridine rings is 1. The highest BCUT2D eigenvalue weighted by Crippen LogP contribution is 2.20. The molecule has 0 radical (unpaired) electrons. The molecule has 2 heterocycles. The molecule has 0 bridgehead atoms. The molecule has 1 atom stereocenters. The van der Waals surface area contributed by atoms with Crippen molar-refractivity contribution < 1.29 is 13.7 Å². The largest absolute Gasteiger partial charge is 0.379 e. The molecule has 2 rings (SSSR count). The molecule has 0 aliphatic carbocycles. The van der Waals surface area contributed by atoms with Gasteiger partial charge < -0.3 is 15.0 Å². The molecule has 2 aromatic heterocycles. The van der Waals surface area contributed by atoms with E-state index in [4.69, 9.17) is 15.0 Å². The van der Waals surface area contributed by atoms with E-state index in [0.29, 0.717) is 19.0 Å². The van der Waals surface area contributed by atoms with Crippen LogP contribution in [0.15, 0.2) is 23.0 Å². The summed E-state index contributed by atoms with van der Waals surface area (Å²) < 4.78 is 23.8. The maximum Gasteiger partial charge on any atom is 0.261 e. The first-order chi connectivity index (χ1) is 9.22. The number of rotatable bonds is 6. The summed E-state index contributed by atoms with van der Waals surface area (Å²) in [7, 11) is 0. The Kier molecular flexibility index (Phi) is 4.53. The Morgan fingerprint density at radius 2 is 2.37 bits per heavy atom. The average Bonchev–Trinajstić information content (AvgIpc) is 2.89. The molecular formula is C12H15FN4O2. The number of nitrogens with zero attached hydrogens (tertiary/aromatic N) is 3. The Labute approximate surface area is 109 Å². The van der Waals surface area contributed by atoms with Gasteiger partial charge in [-0.15, -0.1) is 0 Å². The van der Waals surface area contributed by atoms with Crippen LogP contribution >= 0.6 is 0 Å². The molecule has 7 heteroatoms. The van der Waals surface area contributed by atoms with Crippen LogP contribution in [0.2, 0.25) is 0 Å². The molecule has 1 unspecified atom stereocenters. The van der Waals surface area contributed by atoms with Crippen molar-refractivity contribution in [3.05, 3.63) is 30.1 Å². The van der Waals surface area contributed by atoms with Crippen LogP contribution in [0.25, 0.3) is 11.5 Å². The highest BCUT2D eigenvalue weighted by Gasteiger charge is 2.17. The molecule has 2 aromatic rings. The van der Waals surface area contributed by atoms with Crippen LogP contribution in [0.3, 0.4) is 0 Å². The fourth-order valence-corrected chi connectivity index (χ4v) is 1.47. The Morgan fingerprint density at radius 3 is 3.11 bits per heavy atom. The lowest BCUT2D eigenvalue weighted by Gasteiger charge is -2.06. The quantitative estimate of drug-likeness (QED) is 0.801. The fourth-order valence-electron chi connectivity index (χ4n) is 1.47. The van der Waals surface area contributed by atoms with E-state index in [-0.39, 0.29) is 11.5 Å². The summed E-state index contributed by atoms with van der Waals surface area (Å²) in [5.41, 5.74) is 6.05. The third-order valence-electron chi connectivity index (χ3n) is 2.42. The third-order valence-corrected chi connectivity index (χ3v) is 2.42. The van der Waals surface area contributed by atoms with Crippen LogP contribution in [0.5, 0.6) is 0 Å². The van der Waals surface area contributed by atoms with Crippen molar-refractivity contribution in [3.8, 4) is 11.5 Å². The zero-order chi connectivity index (χ0) is 13.7. The smallest absolute Gasteiger partial charge is 0.261 e. The number of hydrogen-bond donors (Lipinski definition) is 1. The van der Waals surface area contributed by atoms with Gasteiger partial charge in [-0.25, -0.2) is 4.39 Å². The molecule has 0 saturated carbocycles. The first-order valence-corrected chi connectivity index (χ1v) is 5.99. The molecule has 6 nitrogen and oxygen atoms in total. The van der Waals surface area contributed by atoms with Crippen molar-refractivity contribution in [3.63, 3.8) is 0 Å². The number of nitrogens with two attached hydrogens (primary N) is 1. The minimum absolute atomic E-state index is 0.0841. The molecular weight excluding hydrogens is 251 g/mol. The van der Waals surface area contributed by atoms with Gasteiger partial charge in [0.25, 0.3) is 5.89 Å². The van der Waals surface area contributed by atoms with Crippen LogP contribution in [0.1, 0.15) is 25.2 Å². The maximum absolute atomic E-state index is 13.5. The number of ether oxygens (including phenoxy) is 1. The van der Waals surface area contributed by atoms with Crippen molar-refractivity contribution >= 4 is 0 Å². The SMILES string of the molecule is CCCOCC(N)c1noc(-c2ccncc2F)n1. The van der Waals surface area contributed by atoms with Crippen molar-refractivity contribution in [1.82, 2.24) is 15.1 Å². The molecule has 0 aliphatic rings. The van der Waals surface area contributed by atoms with Gasteiger partial charge in [-0.3, -0.25) is 4.98 Å². The zero-order valence-electron chi connectivity index (χ0n) is 10.5. The second-order valence-electron chi connectivity index (χ2n) is 3.99. The summed E-state index contributed by atoms with van der Waals surface area (Å²) in [5, 5.41) is 3.73. The van der Waals surface area contributed by atoms with Gasteiger partial charge in [0.1, 0.15) is 0 Å². The van der Waals surface area contributed by atoms with E-state index < -0.39 is 11.9 Å². The van der Waals surface area contributed by atoms with E-state index in [1.165, 1.54) is 12.3 Å². The molecule has 19 heavy (non-hydrogen) atoms. The Balaban J connectivity index is 2.09. The van der Waals surface area contributed by atoms with Crippen molar-refractivity contribution in [1.29, 1.82) is 0 Å². The second kappa shape index (κ2) is 6.35. The summed E-state index contributed by atoms with van der Waals surface area (Å²) >= 11 is 0. The van der Waals surface area contributed by atoms with Crippen LogP contribution in [0.4, 0.5) is 4.39 Å². The summed E-state index contributed by atoms with van der Waals surface area (Å²) in [5.74, 6) is -0.142.